The number of hydrogen-bond donors (Lipinski definition) is 1. The molecule has 43 heavy (non-hydrogen) atoms. The van der Waals surface area contributed by atoms with Crippen LogP contribution in [0.4, 0.5) is 0 Å². The Hall–Kier alpha value is -2.54. The Morgan fingerprint density at radius 2 is 2.00 bits per heavy atom. The summed E-state index contributed by atoms with van der Waals surface area (Å²) >= 11 is 0. The topological polar surface area (TPSA) is 79.3 Å². The van der Waals surface area contributed by atoms with Crippen molar-refractivity contribution in [2.45, 2.75) is 128 Å². The number of benzene rings is 1. The number of amides is 1. The summed E-state index contributed by atoms with van der Waals surface area (Å²) in [6.45, 7) is 12.2. The highest BCUT2D eigenvalue weighted by Gasteiger charge is 2.67. The largest absolute Gasteiger partial charge is 0.508 e. The lowest BCUT2D eigenvalue weighted by molar-refractivity contribution is -0.143. The molecule has 1 saturated heterocycles. The van der Waals surface area contributed by atoms with E-state index in [0.717, 1.165) is 68.7 Å². The highest BCUT2D eigenvalue weighted by molar-refractivity contribution is 5.77. The maximum Gasteiger partial charge on any atom is 0.308 e. The van der Waals surface area contributed by atoms with Crippen LogP contribution >= 0.6 is 0 Å². The molecule has 0 unspecified atom stereocenters. The van der Waals surface area contributed by atoms with Crippen LogP contribution in [0.2, 0.25) is 0 Å². The van der Waals surface area contributed by atoms with Crippen molar-refractivity contribution in [3.8, 4) is 17.2 Å². The van der Waals surface area contributed by atoms with Gasteiger partial charge in [-0.25, -0.2) is 0 Å². The van der Waals surface area contributed by atoms with Crippen molar-refractivity contribution in [2.24, 2.45) is 17.8 Å². The molecule has 0 aromatic heterocycles. The zero-order valence-corrected chi connectivity index (χ0v) is 26.6. The molecule has 2 heterocycles. The molecule has 2 bridgehead atoms. The Morgan fingerprint density at radius 3 is 2.72 bits per heavy atom. The van der Waals surface area contributed by atoms with Gasteiger partial charge in [-0.2, -0.15) is 0 Å². The van der Waals surface area contributed by atoms with Gasteiger partial charge in [-0.15, -0.1) is 6.58 Å². The Bertz CT molecular complexity index is 1220. The molecule has 236 valence electrons. The van der Waals surface area contributed by atoms with Crippen LogP contribution < -0.4 is 9.47 Å². The van der Waals surface area contributed by atoms with Gasteiger partial charge in [0.25, 0.3) is 0 Å². The van der Waals surface area contributed by atoms with Gasteiger partial charge in [-0.3, -0.25) is 14.5 Å². The number of phenolic OH excluding ortho intramolecular Hbond substituents is 1. The number of carbonyl (C=O) groups is 2. The minimum Gasteiger partial charge on any atom is -0.508 e. The van der Waals surface area contributed by atoms with Gasteiger partial charge in [-0.1, -0.05) is 64.9 Å². The van der Waals surface area contributed by atoms with Gasteiger partial charge >= 0.3 is 5.97 Å². The first kappa shape index (κ1) is 30.5. The van der Waals surface area contributed by atoms with Crippen LogP contribution in [0.1, 0.15) is 109 Å². The van der Waals surface area contributed by atoms with Crippen LogP contribution in [-0.4, -0.2) is 64.6 Å². The Balaban J connectivity index is 1.31. The maximum atomic E-state index is 14.1. The quantitative estimate of drug-likeness (QED) is 0.136. The van der Waals surface area contributed by atoms with E-state index in [2.05, 4.69) is 30.2 Å². The third-order valence-electron chi connectivity index (χ3n) is 11.4. The molecule has 1 N–H and O–H groups in total. The fraction of sp³-hybridized carbons (Fsp3) is 0.722. The number of piperidine rings is 1. The molecular weight excluding hydrogens is 540 g/mol. The van der Waals surface area contributed by atoms with Gasteiger partial charge in [0.2, 0.25) is 5.91 Å². The van der Waals surface area contributed by atoms with E-state index in [-0.39, 0.29) is 35.3 Å². The SMILES string of the molecule is C=CCN1CC[C@]23c4c5c(O)cc(OC(C)=O)c4O[C@H]2[C@@H](N(CC(C)C)C(=O)CCCCC2CCCCC2)CC[C@H]3[C@H]1C5. The smallest absolute Gasteiger partial charge is 0.308 e. The van der Waals surface area contributed by atoms with E-state index in [9.17, 15) is 14.7 Å². The molecule has 3 aliphatic carbocycles. The van der Waals surface area contributed by atoms with Crippen LogP contribution in [0.5, 0.6) is 17.2 Å². The molecule has 1 aromatic rings. The van der Waals surface area contributed by atoms with Crippen molar-refractivity contribution in [1.82, 2.24) is 9.80 Å². The normalized spacial score (nSPS) is 29.6. The summed E-state index contributed by atoms with van der Waals surface area (Å²) in [5.74, 6) is 2.45. The number of hydrogen-bond acceptors (Lipinski definition) is 6. The van der Waals surface area contributed by atoms with Gasteiger partial charge in [0.15, 0.2) is 11.5 Å². The van der Waals surface area contributed by atoms with E-state index in [1.165, 1.54) is 45.4 Å². The van der Waals surface area contributed by atoms with Crippen molar-refractivity contribution in [3.63, 3.8) is 0 Å². The molecule has 2 aliphatic heterocycles. The standard InChI is InChI=1S/C36H52N2O5/c1-5-18-37-19-17-36-27-15-16-28(38(22-23(2)3)32(41)14-10-9-13-25-11-7-6-8-12-25)35(36)43-34-31(42-24(4)39)21-30(40)26(33(34)36)20-29(27)37/h5,21,23,25,27-29,35,40H,1,6-20,22H2,2-4H3/t27-,28-,29+,35-,36-/m0/s1. The number of aromatic hydroxyl groups is 1. The summed E-state index contributed by atoms with van der Waals surface area (Å²) in [6.07, 6.45) is 16.0. The molecule has 1 amide bonds. The average molecular weight is 593 g/mol. The zero-order chi connectivity index (χ0) is 30.3. The van der Waals surface area contributed by atoms with Crippen molar-refractivity contribution in [2.75, 3.05) is 19.6 Å². The van der Waals surface area contributed by atoms with Crippen LogP contribution in [0.15, 0.2) is 18.7 Å². The third kappa shape index (κ3) is 5.49. The molecule has 1 spiro atoms. The second-order valence-electron chi connectivity index (χ2n) is 14.5. The highest BCUT2D eigenvalue weighted by Crippen LogP contribution is 2.65. The third-order valence-corrected chi connectivity index (χ3v) is 11.4. The van der Waals surface area contributed by atoms with Gasteiger partial charge in [0.1, 0.15) is 11.9 Å². The number of nitrogens with zero attached hydrogens (tertiary/aromatic N) is 2. The number of esters is 1. The van der Waals surface area contributed by atoms with Crippen LogP contribution in [0.3, 0.4) is 0 Å². The first-order valence-electron chi connectivity index (χ1n) is 17.1. The van der Waals surface area contributed by atoms with E-state index < -0.39 is 5.97 Å². The van der Waals surface area contributed by atoms with Crippen LogP contribution in [0, 0.1) is 17.8 Å². The second kappa shape index (κ2) is 12.5. The van der Waals surface area contributed by atoms with E-state index in [4.69, 9.17) is 9.47 Å². The van der Waals surface area contributed by atoms with Gasteiger partial charge in [0.05, 0.1) is 6.04 Å². The number of carbonyl (C=O) groups excluding carboxylic acids is 2. The summed E-state index contributed by atoms with van der Waals surface area (Å²) in [4.78, 5) is 30.9. The number of rotatable bonds is 11. The lowest BCUT2D eigenvalue weighted by Gasteiger charge is -2.60. The fourth-order valence-electron chi connectivity index (χ4n) is 9.74. The Kier molecular flexibility index (Phi) is 8.83. The lowest BCUT2D eigenvalue weighted by Crippen LogP contribution is -2.69. The molecule has 6 rings (SSSR count). The number of likely N-dealkylation sites (tertiary alicyclic amines) is 1. The van der Waals surface area contributed by atoms with Crippen molar-refractivity contribution in [1.29, 1.82) is 0 Å². The zero-order valence-electron chi connectivity index (χ0n) is 26.6. The summed E-state index contributed by atoms with van der Waals surface area (Å²) in [6, 6.07) is 1.79. The lowest BCUT2D eigenvalue weighted by atomic mass is 9.50. The first-order chi connectivity index (χ1) is 20.7. The molecule has 7 heteroatoms. The van der Waals surface area contributed by atoms with Crippen LogP contribution in [0.25, 0.3) is 0 Å². The van der Waals surface area contributed by atoms with Crippen molar-refractivity contribution < 1.29 is 24.2 Å². The number of phenols is 1. The van der Waals surface area contributed by atoms with E-state index in [0.29, 0.717) is 36.3 Å². The monoisotopic (exact) mass is 592 g/mol. The summed E-state index contributed by atoms with van der Waals surface area (Å²) in [5.41, 5.74) is 1.65. The van der Waals surface area contributed by atoms with Gasteiger partial charge < -0.3 is 19.5 Å². The first-order valence-corrected chi connectivity index (χ1v) is 17.1. The summed E-state index contributed by atoms with van der Waals surface area (Å²) in [5, 5.41) is 11.3. The molecule has 1 aromatic carbocycles. The van der Waals surface area contributed by atoms with Crippen molar-refractivity contribution in [3.05, 3.63) is 29.8 Å². The molecule has 0 radical (unpaired) electrons. The average Bonchev–Trinajstić information content (AvgIpc) is 3.32. The second-order valence-corrected chi connectivity index (χ2v) is 14.5. The van der Waals surface area contributed by atoms with Gasteiger partial charge in [-0.05, 0) is 56.4 Å². The molecular formula is C36H52N2O5. The Morgan fingerprint density at radius 1 is 1.21 bits per heavy atom. The molecule has 2 saturated carbocycles. The minimum atomic E-state index is -0.431. The Labute approximate surface area is 258 Å². The van der Waals surface area contributed by atoms with Crippen molar-refractivity contribution >= 4 is 11.9 Å². The minimum absolute atomic E-state index is 0.0539. The molecule has 7 nitrogen and oxygen atoms in total. The predicted octanol–water partition coefficient (Wildman–Crippen LogP) is 6.54. The van der Waals surface area contributed by atoms with E-state index in [1.807, 2.05) is 6.08 Å². The number of unbranched alkanes of at least 4 members (excludes halogenated alkanes) is 1. The van der Waals surface area contributed by atoms with E-state index in [1.54, 1.807) is 6.07 Å². The highest BCUT2D eigenvalue weighted by atomic mass is 16.6. The maximum absolute atomic E-state index is 14.1. The van der Waals surface area contributed by atoms with Crippen LogP contribution in [-0.2, 0) is 21.4 Å². The molecule has 5 atom stereocenters. The summed E-state index contributed by atoms with van der Waals surface area (Å²) in [7, 11) is 0. The molecule has 5 aliphatic rings. The predicted molar refractivity (Wildman–Crippen MR) is 167 cm³/mol. The van der Waals surface area contributed by atoms with E-state index >= 15 is 0 Å². The number of ether oxygens (including phenoxy) is 2. The fourth-order valence-corrected chi connectivity index (χ4v) is 9.74. The summed E-state index contributed by atoms with van der Waals surface area (Å²) < 4.78 is 12.6. The van der Waals surface area contributed by atoms with Gasteiger partial charge in [0, 0.05) is 55.1 Å². The molecule has 3 fully saturated rings.